The van der Waals surface area contributed by atoms with E-state index in [1.807, 2.05) is 0 Å². The fourth-order valence-electron chi connectivity index (χ4n) is 1.08. The lowest BCUT2D eigenvalue weighted by atomic mass is 10.2. The van der Waals surface area contributed by atoms with Crippen LogP contribution in [-0.2, 0) is 9.53 Å². The van der Waals surface area contributed by atoms with E-state index in [2.05, 4.69) is 5.32 Å². The molecule has 0 aromatic rings. The standard InChI is InChI=1S/C7H11F2NO2/c8-6(9)4-10-7(11)5-2-1-3-12-5/h5-6H,1-4H2,(H,10,11)/t5-/m0/s1. The van der Waals surface area contributed by atoms with Crippen molar-refractivity contribution < 1.29 is 18.3 Å². The minimum Gasteiger partial charge on any atom is -0.368 e. The quantitative estimate of drug-likeness (QED) is 0.687. The summed E-state index contributed by atoms with van der Waals surface area (Å²) < 4.78 is 28.2. The molecule has 1 amide bonds. The molecule has 1 atom stereocenters. The molecule has 3 nitrogen and oxygen atoms in total. The Morgan fingerprint density at radius 2 is 2.42 bits per heavy atom. The van der Waals surface area contributed by atoms with Crippen molar-refractivity contribution in [3.8, 4) is 0 Å². The van der Waals surface area contributed by atoms with E-state index in [0.29, 0.717) is 13.0 Å². The highest BCUT2D eigenvalue weighted by Crippen LogP contribution is 2.11. The average Bonchev–Trinajstić information content (AvgIpc) is 2.51. The molecule has 0 radical (unpaired) electrons. The Labute approximate surface area is 69.1 Å². The second kappa shape index (κ2) is 4.35. The second-order valence-corrected chi connectivity index (χ2v) is 2.64. The molecular weight excluding hydrogens is 168 g/mol. The van der Waals surface area contributed by atoms with E-state index in [-0.39, 0.29) is 0 Å². The van der Waals surface area contributed by atoms with Crippen LogP contribution in [0.3, 0.4) is 0 Å². The first-order chi connectivity index (χ1) is 5.70. The highest BCUT2D eigenvalue weighted by molar-refractivity contribution is 5.80. The van der Waals surface area contributed by atoms with Crippen LogP contribution in [-0.4, -0.2) is 31.6 Å². The first-order valence-corrected chi connectivity index (χ1v) is 3.87. The van der Waals surface area contributed by atoms with Crippen molar-refractivity contribution in [3.63, 3.8) is 0 Å². The third-order valence-corrected chi connectivity index (χ3v) is 1.65. The molecule has 0 unspecified atom stereocenters. The number of nitrogens with one attached hydrogen (secondary N) is 1. The summed E-state index contributed by atoms with van der Waals surface area (Å²) in [4.78, 5) is 11.0. The van der Waals surface area contributed by atoms with Crippen LogP contribution < -0.4 is 5.32 Å². The topological polar surface area (TPSA) is 38.3 Å². The van der Waals surface area contributed by atoms with E-state index in [9.17, 15) is 13.6 Å². The Kier molecular flexibility index (Phi) is 3.40. The SMILES string of the molecule is O=C(NCC(F)F)[C@@H]1CCCO1. The van der Waals surface area contributed by atoms with Gasteiger partial charge in [-0.2, -0.15) is 0 Å². The summed E-state index contributed by atoms with van der Waals surface area (Å²) in [6.07, 6.45) is -1.54. The zero-order chi connectivity index (χ0) is 8.97. The van der Waals surface area contributed by atoms with Gasteiger partial charge in [0.05, 0.1) is 6.54 Å². The number of alkyl halides is 2. The molecule has 12 heavy (non-hydrogen) atoms. The van der Waals surface area contributed by atoms with Gasteiger partial charge in [0, 0.05) is 6.61 Å². The number of hydrogen-bond donors (Lipinski definition) is 1. The molecule has 1 fully saturated rings. The fourth-order valence-corrected chi connectivity index (χ4v) is 1.08. The lowest BCUT2D eigenvalue weighted by molar-refractivity contribution is -0.130. The van der Waals surface area contributed by atoms with Gasteiger partial charge in [-0.15, -0.1) is 0 Å². The summed E-state index contributed by atoms with van der Waals surface area (Å²) in [5.41, 5.74) is 0. The summed E-state index contributed by atoms with van der Waals surface area (Å²) in [6.45, 7) is -0.0363. The summed E-state index contributed by atoms with van der Waals surface area (Å²) >= 11 is 0. The second-order valence-electron chi connectivity index (χ2n) is 2.64. The van der Waals surface area contributed by atoms with Crippen LogP contribution >= 0.6 is 0 Å². The van der Waals surface area contributed by atoms with Gasteiger partial charge in [0.2, 0.25) is 5.91 Å². The number of hydrogen-bond acceptors (Lipinski definition) is 2. The highest BCUT2D eigenvalue weighted by Gasteiger charge is 2.23. The zero-order valence-corrected chi connectivity index (χ0v) is 6.56. The third-order valence-electron chi connectivity index (χ3n) is 1.65. The number of carbonyl (C=O) groups is 1. The summed E-state index contributed by atoms with van der Waals surface area (Å²) in [5, 5.41) is 2.11. The molecule has 0 saturated carbocycles. The smallest absolute Gasteiger partial charge is 0.255 e. The van der Waals surface area contributed by atoms with Crippen molar-refractivity contribution in [2.75, 3.05) is 13.2 Å². The molecule has 1 aliphatic rings. The minimum atomic E-state index is -2.49. The van der Waals surface area contributed by atoms with Gasteiger partial charge in [0.25, 0.3) is 6.43 Å². The number of rotatable bonds is 3. The molecule has 1 N–H and O–H groups in total. The maximum absolute atomic E-state index is 11.6. The van der Waals surface area contributed by atoms with Gasteiger partial charge in [-0.3, -0.25) is 4.79 Å². The number of carbonyl (C=O) groups excluding carboxylic acids is 1. The normalized spacial score (nSPS) is 23.1. The Bertz CT molecular complexity index is 157. The van der Waals surface area contributed by atoms with Crippen molar-refractivity contribution in [2.24, 2.45) is 0 Å². The Balaban J connectivity index is 2.18. The predicted octanol–water partition coefficient (Wildman–Crippen LogP) is 0.547. The Morgan fingerprint density at radius 3 is 2.92 bits per heavy atom. The van der Waals surface area contributed by atoms with E-state index in [4.69, 9.17) is 4.74 Å². The van der Waals surface area contributed by atoms with Gasteiger partial charge < -0.3 is 10.1 Å². The molecule has 1 aliphatic heterocycles. The predicted molar refractivity (Wildman–Crippen MR) is 38.0 cm³/mol. The molecule has 0 spiro atoms. The van der Waals surface area contributed by atoms with Gasteiger partial charge in [-0.1, -0.05) is 0 Å². The maximum atomic E-state index is 11.6. The monoisotopic (exact) mass is 179 g/mol. The molecule has 0 bridgehead atoms. The summed E-state index contributed by atoms with van der Waals surface area (Å²) in [6, 6.07) is 0. The highest BCUT2D eigenvalue weighted by atomic mass is 19.3. The van der Waals surface area contributed by atoms with Crippen LogP contribution in [0.4, 0.5) is 8.78 Å². The zero-order valence-electron chi connectivity index (χ0n) is 6.56. The van der Waals surface area contributed by atoms with E-state index >= 15 is 0 Å². The first-order valence-electron chi connectivity index (χ1n) is 3.87. The largest absolute Gasteiger partial charge is 0.368 e. The van der Waals surface area contributed by atoms with E-state index < -0.39 is 25.0 Å². The first kappa shape index (κ1) is 9.38. The number of amides is 1. The van der Waals surface area contributed by atoms with Crippen molar-refractivity contribution in [3.05, 3.63) is 0 Å². The van der Waals surface area contributed by atoms with Crippen molar-refractivity contribution in [1.29, 1.82) is 0 Å². The van der Waals surface area contributed by atoms with Crippen LogP contribution in [0.1, 0.15) is 12.8 Å². The van der Waals surface area contributed by atoms with Gasteiger partial charge in [-0.05, 0) is 12.8 Å². The minimum absolute atomic E-state index is 0.423. The van der Waals surface area contributed by atoms with Crippen LogP contribution in [0.5, 0.6) is 0 Å². The van der Waals surface area contributed by atoms with Crippen molar-refractivity contribution in [1.82, 2.24) is 5.32 Å². The van der Waals surface area contributed by atoms with Crippen LogP contribution in [0, 0.1) is 0 Å². The van der Waals surface area contributed by atoms with Crippen LogP contribution in [0.2, 0.25) is 0 Å². The molecular formula is C7H11F2NO2. The van der Waals surface area contributed by atoms with Gasteiger partial charge in [0.1, 0.15) is 6.10 Å². The number of halogens is 2. The van der Waals surface area contributed by atoms with Crippen LogP contribution in [0.15, 0.2) is 0 Å². The summed E-state index contributed by atoms with van der Waals surface area (Å²) in [5.74, 6) is -0.423. The van der Waals surface area contributed by atoms with Gasteiger partial charge in [0.15, 0.2) is 0 Å². The lowest BCUT2D eigenvalue weighted by Crippen LogP contribution is -2.36. The third kappa shape index (κ3) is 2.73. The van der Waals surface area contributed by atoms with E-state index in [0.717, 1.165) is 6.42 Å². The Hall–Kier alpha value is -0.710. The van der Waals surface area contributed by atoms with Gasteiger partial charge in [-0.25, -0.2) is 8.78 Å². The van der Waals surface area contributed by atoms with Crippen LogP contribution in [0.25, 0.3) is 0 Å². The molecule has 0 aromatic heterocycles. The molecule has 1 saturated heterocycles. The van der Waals surface area contributed by atoms with E-state index in [1.165, 1.54) is 0 Å². The fraction of sp³-hybridized carbons (Fsp3) is 0.857. The molecule has 0 aromatic carbocycles. The van der Waals surface area contributed by atoms with Crippen molar-refractivity contribution >= 4 is 5.91 Å². The summed E-state index contributed by atoms with van der Waals surface area (Å²) in [7, 11) is 0. The molecule has 5 heteroatoms. The number of ether oxygens (including phenoxy) is 1. The van der Waals surface area contributed by atoms with E-state index in [1.54, 1.807) is 0 Å². The average molecular weight is 179 g/mol. The molecule has 70 valence electrons. The Morgan fingerprint density at radius 1 is 1.67 bits per heavy atom. The van der Waals surface area contributed by atoms with Gasteiger partial charge >= 0.3 is 0 Å². The molecule has 1 rings (SSSR count). The van der Waals surface area contributed by atoms with Crippen molar-refractivity contribution in [2.45, 2.75) is 25.4 Å². The lowest BCUT2D eigenvalue weighted by Gasteiger charge is -2.09. The molecule has 0 aliphatic carbocycles. The molecule has 1 heterocycles. The maximum Gasteiger partial charge on any atom is 0.255 e.